The van der Waals surface area contributed by atoms with Crippen LogP contribution in [0, 0.1) is 0 Å². The van der Waals surface area contributed by atoms with Gasteiger partial charge < -0.3 is 15.5 Å². The number of aromatic hydroxyl groups is 1. The molecular formula is C13H11ClF2N4O4. The van der Waals surface area contributed by atoms with Crippen molar-refractivity contribution in [1.29, 1.82) is 0 Å². The van der Waals surface area contributed by atoms with Crippen LogP contribution in [0.3, 0.4) is 0 Å². The van der Waals surface area contributed by atoms with Crippen molar-refractivity contribution in [2.24, 2.45) is 0 Å². The van der Waals surface area contributed by atoms with Crippen LogP contribution in [0.25, 0.3) is 0 Å². The van der Waals surface area contributed by atoms with Crippen molar-refractivity contribution in [3.8, 4) is 5.75 Å². The molecule has 0 bridgehead atoms. The van der Waals surface area contributed by atoms with E-state index in [0.717, 1.165) is 18.5 Å². The summed E-state index contributed by atoms with van der Waals surface area (Å²) in [4.78, 5) is 29.7. The Hall–Kier alpha value is -2.75. The smallest absolute Gasteiger partial charge is 0.323 e. The van der Waals surface area contributed by atoms with Gasteiger partial charge in [0.05, 0.1) is 12.7 Å². The van der Waals surface area contributed by atoms with E-state index in [2.05, 4.69) is 15.3 Å². The molecule has 0 saturated heterocycles. The van der Waals surface area contributed by atoms with Crippen molar-refractivity contribution >= 4 is 23.4 Å². The molecule has 0 aliphatic rings. The second-order valence-corrected chi connectivity index (χ2v) is 5.03. The van der Waals surface area contributed by atoms with Gasteiger partial charge in [-0.25, -0.2) is 4.98 Å². The Morgan fingerprint density at radius 1 is 1.42 bits per heavy atom. The third kappa shape index (κ3) is 3.77. The zero-order chi connectivity index (χ0) is 17.9. The lowest BCUT2D eigenvalue weighted by Crippen LogP contribution is -2.32. The molecule has 8 nitrogen and oxygen atoms in total. The van der Waals surface area contributed by atoms with Gasteiger partial charge >= 0.3 is 11.9 Å². The first-order valence-corrected chi connectivity index (χ1v) is 6.83. The van der Waals surface area contributed by atoms with E-state index in [1.165, 1.54) is 6.07 Å². The predicted molar refractivity (Wildman–Crippen MR) is 79.4 cm³/mol. The summed E-state index contributed by atoms with van der Waals surface area (Å²) in [5, 5.41) is 20.0. The van der Waals surface area contributed by atoms with Crippen LogP contribution in [0.15, 0.2) is 29.3 Å². The highest BCUT2D eigenvalue weighted by molar-refractivity contribution is 6.29. The van der Waals surface area contributed by atoms with Crippen LogP contribution >= 0.6 is 11.6 Å². The third-order valence-corrected chi connectivity index (χ3v) is 3.21. The van der Waals surface area contributed by atoms with Gasteiger partial charge in [-0.3, -0.25) is 19.1 Å². The van der Waals surface area contributed by atoms with Crippen molar-refractivity contribution in [3.63, 3.8) is 0 Å². The normalized spacial score (nSPS) is 11.3. The number of aliphatic carboxylic acids is 1. The molecule has 128 valence electrons. The first-order chi connectivity index (χ1) is 11.2. The van der Waals surface area contributed by atoms with Gasteiger partial charge in [-0.1, -0.05) is 11.6 Å². The molecule has 0 radical (unpaired) electrons. The monoisotopic (exact) mass is 360 g/mol. The molecule has 0 aliphatic carbocycles. The van der Waals surface area contributed by atoms with Crippen molar-refractivity contribution in [3.05, 3.63) is 45.7 Å². The Morgan fingerprint density at radius 3 is 2.75 bits per heavy atom. The molecule has 0 amide bonds. The summed E-state index contributed by atoms with van der Waals surface area (Å²) in [5.41, 5.74) is -1.83. The summed E-state index contributed by atoms with van der Waals surface area (Å²) in [7, 11) is 0. The van der Waals surface area contributed by atoms with Gasteiger partial charge in [-0.05, 0) is 12.1 Å². The van der Waals surface area contributed by atoms with Crippen LogP contribution in [0.1, 0.15) is 5.69 Å². The predicted octanol–water partition coefficient (Wildman–Crippen LogP) is 1.29. The van der Waals surface area contributed by atoms with E-state index < -0.39 is 47.8 Å². The molecule has 0 saturated carbocycles. The zero-order valence-corrected chi connectivity index (χ0v) is 12.7. The van der Waals surface area contributed by atoms with E-state index in [4.69, 9.17) is 16.7 Å². The van der Waals surface area contributed by atoms with E-state index in [-0.39, 0.29) is 5.15 Å². The Balaban J connectivity index is 2.25. The number of halogens is 3. The highest BCUT2D eigenvalue weighted by Gasteiger charge is 2.36. The number of carboxylic acids is 1. The fraction of sp³-hybridized carbons (Fsp3) is 0.231. The Morgan fingerprint density at radius 2 is 2.12 bits per heavy atom. The lowest BCUT2D eigenvalue weighted by atomic mass is 10.2. The Bertz CT molecular complexity index is 828. The topological polar surface area (TPSA) is 117 Å². The number of carboxylic acid groups (broad SMARTS) is 1. The fourth-order valence-corrected chi connectivity index (χ4v) is 2.01. The molecule has 24 heavy (non-hydrogen) atoms. The van der Waals surface area contributed by atoms with Crippen molar-refractivity contribution < 1.29 is 23.8 Å². The van der Waals surface area contributed by atoms with Crippen LogP contribution in [0.2, 0.25) is 5.15 Å². The summed E-state index contributed by atoms with van der Waals surface area (Å²) < 4.78 is 28.8. The van der Waals surface area contributed by atoms with Gasteiger partial charge in [-0.2, -0.15) is 8.78 Å². The molecule has 0 aromatic carbocycles. The van der Waals surface area contributed by atoms with E-state index in [0.29, 0.717) is 4.57 Å². The molecule has 3 N–H and O–H groups in total. The SMILES string of the molecule is O=C(O)Cn1c(Cl)cnc(NCC(F)(F)c2ncccc2O)c1=O. The van der Waals surface area contributed by atoms with Gasteiger partial charge in [0.1, 0.15) is 17.4 Å². The minimum atomic E-state index is -3.60. The first kappa shape index (κ1) is 17.6. The number of rotatable bonds is 6. The molecule has 2 aromatic heterocycles. The summed E-state index contributed by atoms with van der Waals surface area (Å²) in [5.74, 6) is -6.14. The number of aromatic nitrogens is 3. The maximum absolute atomic E-state index is 14.1. The van der Waals surface area contributed by atoms with Crippen LogP contribution in [-0.2, 0) is 17.3 Å². The second-order valence-electron chi connectivity index (χ2n) is 4.64. The third-order valence-electron chi connectivity index (χ3n) is 2.91. The van der Waals surface area contributed by atoms with Crippen LogP contribution in [0.4, 0.5) is 14.6 Å². The fourth-order valence-electron chi connectivity index (χ4n) is 1.83. The Labute approximate surface area is 138 Å². The number of hydrogen-bond donors (Lipinski definition) is 3. The van der Waals surface area contributed by atoms with Gasteiger partial charge in [0.25, 0.3) is 5.56 Å². The number of alkyl halides is 2. The largest absolute Gasteiger partial charge is 0.506 e. The average Bonchev–Trinajstić information content (AvgIpc) is 2.50. The molecule has 2 aromatic rings. The molecule has 0 aliphatic heterocycles. The highest BCUT2D eigenvalue weighted by atomic mass is 35.5. The summed E-state index contributed by atoms with van der Waals surface area (Å²) in [6.45, 7) is -1.83. The quantitative estimate of drug-likeness (QED) is 0.710. The molecule has 0 unspecified atom stereocenters. The maximum atomic E-state index is 14.1. The minimum absolute atomic E-state index is 0.248. The summed E-state index contributed by atoms with van der Waals surface area (Å²) in [6, 6.07) is 2.34. The van der Waals surface area contributed by atoms with Crippen molar-refractivity contribution in [2.45, 2.75) is 12.5 Å². The zero-order valence-electron chi connectivity index (χ0n) is 11.9. The number of hydrogen-bond acceptors (Lipinski definition) is 6. The molecular weight excluding hydrogens is 350 g/mol. The maximum Gasteiger partial charge on any atom is 0.323 e. The van der Waals surface area contributed by atoms with E-state index in [1.807, 2.05) is 0 Å². The summed E-state index contributed by atoms with van der Waals surface area (Å²) in [6.07, 6.45) is 2.05. The van der Waals surface area contributed by atoms with E-state index >= 15 is 0 Å². The van der Waals surface area contributed by atoms with Gasteiger partial charge in [0, 0.05) is 6.20 Å². The van der Waals surface area contributed by atoms with Gasteiger partial charge in [0.2, 0.25) is 0 Å². The van der Waals surface area contributed by atoms with Gasteiger partial charge in [-0.15, -0.1) is 0 Å². The molecule has 0 fully saturated rings. The van der Waals surface area contributed by atoms with Gasteiger partial charge in [0.15, 0.2) is 11.5 Å². The first-order valence-electron chi connectivity index (χ1n) is 6.45. The molecule has 0 atom stereocenters. The van der Waals surface area contributed by atoms with E-state index in [1.54, 1.807) is 0 Å². The average molecular weight is 361 g/mol. The number of pyridine rings is 1. The number of anilines is 1. The van der Waals surface area contributed by atoms with E-state index in [9.17, 15) is 23.5 Å². The lowest BCUT2D eigenvalue weighted by molar-refractivity contribution is -0.137. The standard InChI is InChI=1S/C13H11ClF2N4O4/c14-8-4-18-11(12(24)20(8)5-9(22)23)19-6-13(15,16)10-7(21)2-1-3-17-10/h1-4,21H,5-6H2,(H,18,19)(H,22,23). The minimum Gasteiger partial charge on any atom is -0.506 e. The summed E-state index contributed by atoms with van der Waals surface area (Å²) >= 11 is 5.67. The second kappa shape index (κ2) is 6.79. The lowest BCUT2D eigenvalue weighted by Gasteiger charge is -2.17. The number of nitrogens with zero attached hydrogens (tertiary/aromatic N) is 3. The van der Waals surface area contributed by atoms with Crippen molar-refractivity contribution in [1.82, 2.24) is 14.5 Å². The Kier molecular flexibility index (Phi) is 4.98. The van der Waals surface area contributed by atoms with Crippen molar-refractivity contribution in [2.75, 3.05) is 11.9 Å². The van der Waals surface area contributed by atoms with Crippen LogP contribution in [-0.4, -0.2) is 37.3 Å². The molecule has 2 rings (SSSR count). The number of nitrogens with one attached hydrogen (secondary N) is 1. The molecule has 11 heteroatoms. The number of carbonyl (C=O) groups is 1. The highest BCUT2D eigenvalue weighted by Crippen LogP contribution is 2.32. The van der Waals surface area contributed by atoms with Crippen LogP contribution in [0.5, 0.6) is 5.75 Å². The molecule has 2 heterocycles. The van der Waals surface area contributed by atoms with Crippen LogP contribution < -0.4 is 10.9 Å². The molecule has 0 spiro atoms.